The molecule has 0 spiro atoms. The van der Waals surface area contributed by atoms with Gasteiger partial charge in [-0.25, -0.2) is 0 Å². The molecule has 0 fully saturated rings. The zero-order valence-electron chi connectivity index (χ0n) is 11.4. The van der Waals surface area contributed by atoms with Crippen LogP contribution in [-0.2, 0) is 24.5 Å². The average Bonchev–Trinajstić information content (AvgIpc) is 2.41. The Bertz CT molecular complexity index is 488. The lowest BCUT2D eigenvalue weighted by Gasteiger charge is -2.28. The molecule has 110 valence electrons. The summed E-state index contributed by atoms with van der Waals surface area (Å²) in [6.07, 6.45) is 0. The van der Waals surface area contributed by atoms with Crippen molar-refractivity contribution in [1.29, 1.82) is 0 Å². The predicted molar refractivity (Wildman–Crippen MR) is 76.6 cm³/mol. The number of esters is 1. The van der Waals surface area contributed by atoms with Crippen molar-refractivity contribution < 1.29 is 24.2 Å². The molecule has 1 atom stereocenters. The van der Waals surface area contributed by atoms with Crippen LogP contribution in [-0.4, -0.2) is 36.9 Å². The van der Waals surface area contributed by atoms with Gasteiger partial charge in [0, 0.05) is 11.1 Å². The Kier molecular flexibility index (Phi) is 6.16. The van der Waals surface area contributed by atoms with Crippen molar-refractivity contribution in [2.75, 3.05) is 19.8 Å². The van der Waals surface area contributed by atoms with Crippen molar-refractivity contribution in [3.05, 3.63) is 34.3 Å². The molecule has 0 amide bonds. The van der Waals surface area contributed by atoms with E-state index >= 15 is 0 Å². The maximum atomic E-state index is 12.3. The quantitative estimate of drug-likeness (QED) is 0.607. The first kappa shape index (κ1) is 16.7. The van der Waals surface area contributed by atoms with Crippen LogP contribution in [0.1, 0.15) is 19.4 Å². The van der Waals surface area contributed by atoms with Crippen molar-refractivity contribution in [2.45, 2.75) is 19.3 Å². The van der Waals surface area contributed by atoms with E-state index in [9.17, 15) is 14.7 Å². The van der Waals surface area contributed by atoms with Crippen LogP contribution in [0.15, 0.2) is 28.7 Å². The minimum Gasteiger partial charge on any atom is -0.480 e. The highest BCUT2D eigenvalue weighted by Crippen LogP contribution is 2.33. The molecule has 1 aromatic carbocycles. The Hall–Kier alpha value is -1.40. The molecular weight excluding hydrogens is 328 g/mol. The maximum Gasteiger partial charge on any atom is 0.330 e. The van der Waals surface area contributed by atoms with Gasteiger partial charge in [-0.05, 0) is 25.5 Å². The van der Waals surface area contributed by atoms with Gasteiger partial charge < -0.3 is 14.6 Å². The molecule has 0 saturated carbocycles. The van der Waals surface area contributed by atoms with Crippen LogP contribution in [0.25, 0.3) is 0 Å². The van der Waals surface area contributed by atoms with E-state index in [0.29, 0.717) is 16.6 Å². The second kappa shape index (κ2) is 7.40. The second-order valence-corrected chi connectivity index (χ2v) is 4.90. The van der Waals surface area contributed by atoms with Crippen molar-refractivity contribution in [3.63, 3.8) is 0 Å². The molecule has 1 aromatic rings. The number of carbonyl (C=O) groups is 2. The first-order chi connectivity index (χ1) is 9.50. The van der Waals surface area contributed by atoms with E-state index in [0.717, 1.165) is 0 Å². The number of hydrogen-bond donors (Lipinski definition) is 1. The Morgan fingerprint density at radius 1 is 1.25 bits per heavy atom. The molecule has 0 bridgehead atoms. The Morgan fingerprint density at radius 3 is 2.40 bits per heavy atom. The van der Waals surface area contributed by atoms with E-state index in [4.69, 9.17) is 9.47 Å². The fraction of sp³-hybridized carbons (Fsp3) is 0.429. The zero-order valence-corrected chi connectivity index (χ0v) is 13.0. The lowest BCUT2D eigenvalue weighted by Crippen LogP contribution is -2.49. The molecule has 0 radical (unpaired) electrons. The Balaban J connectivity index is 3.40. The lowest BCUT2D eigenvalue weighted by molar-refractivity contribution is -0.165. The van der Waals surface area contributed by atoms with Gasteiger partial charge in [-0.3, -0.25) is 9.59 Å². The van der Waals surface area contributed by atoms with Gasteiger partial charge in [0.15, 0.2) is 0 Å². The summed E-state index contributed by atoms with van der Waals surface area (Å²) in [4.78, 5) is 24.1. The molecule has 5 nitrogen and oxygen atoms in total. The normalized spacial score (nSPS) is 13.6. The predicted octanol–water partition coefficient (Wildman–Crippen LogP) is 2.37. The highest BCUT2D eigenvalue weighted by molar-refractivity contribution is 9.10. The molecule has 0 aliphatic carbocycles. The standard InChI is InChI=1S/C14H17BrO5/c1-3-19-9-14(12(16)17,13(18)20-4-2)10-7-5-6-8-11(10)15/h5-8H,3-4,9H2,1-2H3,(H,16,17). The fourth-order valence-electron chi connectivity index (χ4n) is 1.83. The summed E-state index contributed by atoms with van der Waals surface area (Å²) in [6.45, 7) is 3.49. The topological polar surface area (TPSA) is 72.8 Å². The van der Waals surface area contributed by atoms with E-state index in [1.165, 1.54) is 0 Å². The highest BCUT2D eigenvalue weighted by atomic mass is 79.9. The van der Waals surface area contributed by atoms with Crippen molar-refractivity contribution in [3.8, 4) is 0 Å². The lowest BCUT2D eigenvalue weighted by atomic mass is 9.81. The molecule has 1 rings (SSSR count). The van der Waals surface area contributed by atoms with Gasteiger partial charge in [0.25, 0.3) is 0 Å². The molecule has 0 aliphatic heterocycles. The zero-order chi connectivity index (χ0) is 15.2. The van der Waals surface area contributed by atoms with Gasteiger partial charge in [0.2, 0.25) is 5.41 Å². The number of benzene rings is 1. The monoisotopic (exact) mass is 344 g/mol. The summed E-state index contributed by atoms with van der Waals surface area (Å²) in [7, 11) is 0. The van der Waals surface area contributed by atoms with E-state index < -0.39 is 17.4 Å². The van der Waals surface area contributed by atoms with E-state index in [-0.39, 0.29) is 13.2 Å². The van der Waals surface area contributed by atoms with Crippen LogP contribution in [0.3, 0.4) is 0 Å². The molecular formula is C14H17BrO5. The van der Waals surface area contributed by atoms with Crippen LogP contribution in [0.5, 0.6) is 0 Å². The molecule has 0 heterocycles. The van der Waals surface area contributed by atoms with Crippen molar-refractivity contribution in [1.82, 2.24) is 0 Å². The number of hydrogen-bond acceptors (Lipinski definition) is 4. The summed E-state index contributed by atoms with van der Waals surface area (Å²) in [5.41, 5.74) is -1.55. The van der Waals surface area contributed by atoms with Gasteiger partial charge in [-0.1, -0.05) is 34.1 Å². The van der Waals surface area contributed by atoms with Gasteiger partial charge in [-0.15, -0.1) is 0 Å². The van der Waals surface area contributed by atoms with Gasteiger partial charge in [0.1, 0.15) is 0 Å². The number of carboxylic acids is 1. The third kappa shape index (κ3) is 3.19. The Morgan fingerprint density at radius 2 is 1.90 bits per heavy atom. The smallest absolute Gasteiger partial charge is 0.330 e. The average molecular weight is 345 g/mol. The second-order valence-electron chi connectivity index (χ2n) is 4.05. The minimum absolute atomic E-state index is 0.102. The number of carboxylic acid groups (broad SMARTS) is 1. The first-order valence-electron chi connectivity index (χ1n) is 6.24. The number of ether oxygens (including phenoxy) is 2. The summed E-state index contributed by atoms with van der Waals surface area (Å²) < 4.78 is 10.7. The van der Waals surface area contributed by atoms with Gasteiger partial charge in [0.05, 0.1) is 13.2 Å². The molecule has 0 aliphatic rings. The van der Waals surface area contributed by atoms with Crippen LogP contribution >= 0.6 is 15.9 Å². The van der Waals surface area contributed by atoms with Crippen molar-refractivity contribution in [2.24, 2.45) is 0 Å². The molecule has 0 saturated heterocycles. The highest BCUT2D eigenvalue weighted by Gasteiger charge is 2.51. The molecule has 0 aromatic heterocycles. The Labute approximate surface area is 126 Å². The van der Waals surface area contributed by atoms with Gasteiger partial charge >= 0.3 is 11.9 Å². The third-order valence-corrected chi connectivity index (χ3v) is 3.54. The van der Waals surface area contributed by atoms with Crippen LogP contribution in [0, 0.1) is 0 Å². The van der Waals surface area contributed by atoms with Crippen molar-refractivity contribution >= 4 is 27.9 Å². The van der Waals surface area contributed by atoms with E-state index in [2.05, 4.69) is 15.9 Å². The molecule has 20 heavy (non-hydrogen) atoms. The van der Waals surface area contributed by atoms with E-state index in [1.807, 2.05) is 0 Å². The summed E-state index contributed by atoms with van der Waals surface area (Å²) >= 11 is 3.29. The van der Waals surface area contributed by atoms with Crippen LogP contribution < -0.4 is 0 Å². The number of carbonyl (C=O) groups excluding carboxylic acids is 1. The largest absolute Gasteiger partial charge is 0.480 e. The molecule has 1 unspecified atom stereocenters. The van der Waals surface area contributed by atoms with Gasteiger partial charge in [-0.2, -0.15) is 0 Å². The summed E-state index contributed by atoms with van der Waals surface area (Å²) in [6, 6.07) is 6.67. The first-order valence-corrected chi connectivity index (χ1v) is 7.03. The molecule has 6 heteroatoms. The number of rotatable bonds is 7. The number of aliphatic carboxylic acids is 1. The van der Waals surface area contributed by atoms with Crippen LogP contribution in [0.2, 0.25) is 0 Å². The summed E-state index contributed by atoms with van der Waals surface area (Å²) in [5, 5.41) is 9.62. The fourth-order valence-corrected chi connectivity index (χ4v) is 2.45. The summed E-state index contributed by atoms with van der Waals surface area (Å²) in [5.74, 6) is -2.12. The SMILES string of the molecule is CCOCC(C(=O)O)(C(=O)OCC)c1ccccc1Br. The maximum absolute atomic E-state index is 12.3. The molecule has 1 N–H and O–H groups in total. The van der Waals surface area contributed by atoms with Crippen LogP contribution in [0.4, 0.5) is 0 Å². The number of halogens is 1. The van der Waals surface area contributed by atoms with E-state index in [1.54, 1.807) is 38.1 Å². The minimum atomic E-state index is -1.87. The third-order valence-electron chi connectivity index (χ3n) is 2.85.